The SMILES string of the molecule is CC(=O)O[C@H]1CC[C@H](C)O[C@@]12OCC1=C(C[C@H](O)[C@@](C)(O)C1=O)[C@@H]2C. The second-order valence-corrected chi connectivity index (χ2v) is 7.54. The Balaban J connectivity index is 2.00. The summed E-state index contributed by atoms with van der Waals surface area (Å²) in [7, 11) is 0. The summed E-state index contributed by atoms with van der Waals surface area (Å²) in [6, 6.07) is 0. The lowest BCUT2D eigenvalue weighted by Crippen LogP contribution is -2.63. The summed E-state index contributed by atoms with van der Waals surface area (Å²) >= 11 is 0. The van der Waals surface area contributed by atoms with E-state index in [9.17, 15) is 19.8 Å². The second kappa shape index (κ2) is 6.16. The van der Waals surface area contributed by atoms with Gasteiger partial charge in [-0.15, -0.1) is 0 Å². The van der Waals surface area contributed by atoms with Crippen LogP contribution >= 0.6 is 0 Å². The van der Waals surface area contributed by atoms with Crippen LogP contribution in [0.25, 0.3) is 0 Å². The van der Waals surface area contributed by atoms with Gasteiger partial charge in [0.2, 0.25) is 5.79 Å². The van der Waals surface area contributed by atoms with Gasteiger partial charge in [-0.2, -0.15) is 0 Å². The molecule has 0 amide bonds. The molecule has 7 nitrogen and oxygen atoms in total. The van der Waals surface area contributed by atoms with Gasteiger partial charge >= 0.3 is 5.97 Å². The largest absolute Gasteiger partial charge is 0.457 e. The molecule has 1 aliphatic carbocycles. The predicted octanol–water partition coefficient (Wildman–Crippen LogP) is 0.861. The number of aliphatic hydroxyl groups is 2. The van der Waals surface area contributed by atoms with Crippen LogP contribution in [0.5, 0.6) is 0 Å². The lowest BCUT2D eigenvalue weighted by molar-refractivity contribution is -0.339. The highest BCUT2D eigenvalue weighted by Crippen LogP contribution is 2.48. The Hall–Kier alpha value is -1.28. The van der Waals surface area contributed by atoms with Crippen LogP contribution in [0.15, 0.2) is 11.1 Å². The number of carbonyl (C=O) groups excluding carboxylic acids is 2. The molecule has 2 heterocycles. The van der Waals surface area contributed by atoms with Crippen molar-refractivity contribution in [2.24, 2.45) is 5.92 Å². The minimum atomic E-state index is -1.82. The zero-order valence-electron chi connectivity index (χ0n) is 15.1. The zero-order valence-corrected chi connectivity index (χ0v) is 15.1. The number of carbonyl (C=O) groups is 2. The van der Waals surface area contributed by atoms with E-state index in [0.717, 1.165) is 6.42 Å². The maximum Gasteiger partial charge on any atom is 0.303 e. The normalized spacial score (nSPS) is 44.6. The van der Waals surface area contributed by atoms with E-state index in [0.29, 0.717) is 17.6 Å². The van der Waals surface area contributed by atoms with Crippen LogP contribution in [0.4, 0.5) is 0 Å². The van der Waals surface area contributed by atoms with E-state index >= 15 is 0 Å². The molecule has 0 aromatic heterocycles. The average molecular weight is 354 g/mol. The van der Waals surface area contributed by atoms with Crippen molar-refractivity contribution in [1.29, 1.82) is 0 Å². The van der Waals surface area contributed by atoms with E-state index in [-0.39, 0.29) is 19.1 Å². The Morgan fingerprint density at radius 3 is 2.64 bits per heavy atom. The molecule has 0 radical (unpaired) electrons. The average Bonchev–Trinajstić information content (AvgIpc) is 2.52. The fourth-order valence-corrected chi connectivity index (χ4v) is 4.17. The Kier molecular flexibility index (Phi) is 4.56. The van der Waals surface area contributed by atoms with E-state index in [1.165, 1.54) is 13.8 Å². The predicted molar refractivity (Wildman–Crippen MR) is 86.5 cm³/mol. The van der Waals surface area contributed by atoms with Crippen LogP contribution in [0.1, 0.15) is 47.0 Å². The highest BCUT2D eigenvalue weighted by Gasteiger charge is 2.58. The third-order valence-corrected chi connectivity index (χ3v) is 5.73. The van der Waals surface area contributed by atoms with E-state index in [2.05, 4.69) is 0 Å². The van der Waals surface area contributed by atoms with Gasteiger partial charge in [0, 0.05) is 18.4 Å². The monoisotopic (exact) mass is 354 g/mol. The Bertz CT molecular complexity index is 623. The van der Waals surface area contributed by atoms with Crippen molar-refractivity contribution in [3.05, 3.63) is 11.1 Å². The van der Waals surface area contributed by atoms with Crippen LogP contribution in [0, 0.1) is 5.92 Å². The third kappa shape index (κ3) is 2.83. The molecule has 140 valence electrons. The van der Waals surface area contributed by atoms with E-state index in [1.54, 1.807) is 0 Å². The first-order valence-electron chi connectivity index (χ1n) is 8.75. The molecule has 3 rings (SSSR count). The fraction of sp³-hybridized carbons (Fsp3) is 0.778. The number of rotatable bonds is 1. The molecule has 25 heavy (non-hydrogen) atoms. The molecule has 1 spiro atoms. The maximum absolute atomic E-state index is 12.6. The van der Waals surface area contributed by atoms with Crippen LogP contribution in [-0.4, -0.2) is 58.3 Å². The van der Waals surface area contributed by atoms with Gasteiger partial charge in [0.25, 0.3) is 0 Å². The summed E-state index contributed by atoms with van der Waals surface area (Å²) in [6.07, 6.45) is -0.363. The number of hydrogen-bond acceptors (Lipinski definition) is 7. The lowest BCUT2D eigenvalue weighted by atomic mass is 9.70. The number of aliphatic hydroxyl groups excluding tert-OH is 1. The molecule has 3 aliphatic rings. The molecule has 1 fully saturated rings. The number of esters is 1. The van der Waals surface area contributed by atoms with E-state index in [1.807, 2.05) is 13.8 Å². The van der Waals surface area contributed by atoms with Gasteiger partial charge in [0.15, 0.2) is 17.5 Å². The van der Waals surface area contributed by atoms with Crippen molar-refractivity contribution in [2.45, 2.75) is 76.7 Å². The van der Waals surface area contributed by atoms with Crippen LogP contribution in [0.2, 0.25) is 0 Å². The summed E-state index contributed by atoms with van der Waals surface area (Å²) in [6.45, 7) is 6.40. The number of ketones is 1. The summed E-state index contributed by atoms with van der Waals surface area (Å²) in [5, 5.41) is 20.5. The molecule has 2 N–H and O–H groups in total. The van der Waals surface area contributed by atoms with Crippen LogP contribution in [0.3, 0.4) is 0 Å². The first kappa shape index (κ1) is 18.5. The topological polar surface area (TPSA) is 102 Å². The van der Waals surface area contributed by atoms with Gasteiger partial charge in [-0.3, -0.25) is 9.59 Å². The highest BCUT2D eigenvalue weighted by molar-refractivity contribution is 6.04. The van der Waals surface area contributed by atoms with Crippen molar-refractivity contribution in [2.75, 3.05) is 6.61 Å². The lowest BCUT2D eigenvalue weighted by Gasteiger charge is -2.52. The van der Waals surface area contributed by atoms with E-state index < -0.39 is 41.3 Å². The maximum atomic E-state index is 12.6. The van der Waals surface area contributed by atoms with E-state index in [4.69, 9.17) is 14.2 Å². The molecule has 6 atom stereocenters. The number of Topliss-reactive ketones (excluding diaryl/α,β-unsaturated/α-hetero) is 1. The molecule has 1 saturated heterocycles. The smallest absolute Gasteiger partial charge is 0.303 e. The highest BCUT2D eigenvalue weighted by atomic mass is 16.7. The Morgan fingerprint density at radius 1 is 1.32 bits per heavy atom. The number of hydrogen-bond donors (Lipinski definition) is 2. The molecular formula is C18H26O7. The number of ether oxygens (including phenoxy) is 3. The summed E-state index contributed by atoms with van der Waals surface area (Å²) < 4.78 is 17.6. The zero-order chi connectivity index (χ0) is 18.6. The van der Waals surface area contributed by atoms with Crippen LogP contribution in [-0.2, 0) is 23.8 Å². The molecule has 7 heteroatoms. The van der Waals surface area contributed by atoms with Gasteiger partial charge in [-0.05, 0) is 38.7 Å². The Labute approximate surface area is 146 Å². The first-order chi connectivity index (χ1) is 11.6. The van der Waals surface area contributed by atoms with Gasteiger partial charge < -0.3 is 24.4 Å². The van der Waals surface area contributed by atoms with Gasteiger partial charge in [0.05, 0.1) is 18.8 Å². The molecule has 0 bridgehead atoms. The third-order valence-electron chi connectivity index (χ3n) is 5.73. The summed E-state index contributed by atoms with van der Waals surface area (Å²) in [5.74, 6) is -2.50. The summed E-state index contributed by atoms with van der Waals surface area (Å²) in [5.41, 5.74) is -0.721. The Morgan fingerprint density at radius 2 is 2.00 bits per heavy atom. The standard InChI is InChI=1S/C18H26O7/c1-9-5-6-15(24-11(3)19)18(25-9)10(2)12-7-14(20)17(4,22)16(21)13(12)8-23-18/h9-10,14-15,20,22H,5-8H2,1-4H3/t9-,10-,14-,15-,17+,18+/m0/s1. The van der Waals surface area contributed by atoms with Crippen molar-refractivity contribution < 1.29 is 34.0 Å². The second-order valence-electron chi connectivity index (χ2n) is 7.54. The van der Waals surface area contributed by atoms with Crippen LogP contribution < -0.4 is 0 Å². The van der Waals surface area contributed by atoms with Crippen molar-refractivity contribution in [3.8, 4) is 0 Å². The van der Waals surface area contributed by atoms with Gasteiger partial charge in [-0.1, -0.05) is 6.92 Å². The molecule has 0 aromatic rings. The quantitative estimate of drug-likeness (QED) is 0.673. The first-order valence-corrected chi connectivity index (χ1v) is 8.75. The molecular weight excluding hydrogens is 328 g/mol. The summed E-state index contributed by atoms with van der Waals surface area (Å²) in [4.78, 5) is 24.1. The van der Waals surface area contributed by atoms with Crippen molar-refractivity contribution in [1.82, 2.24) is 0 Å². The molecule has 2 aliphatic heterocycles. The molecule has 0 saturated carbocycles. The van der Waals surface area contributed by atoms with Gasteiger partial charge in [-0.25, -0.2) is 0 Å². The molecule has 0 unspecified atom stereocenters. The van der Waals surface area contributed by atoms with Crippen molar-refractivity contribution >= 4 is 11.8 Å². The minimum absolute atomic E-state index is 0.0359. The van der Waals surface area contributed by atoms with Crippen molar-refractivity contribution in [3.63, 3.8) is 0 Å². The minimum Gasteiger partial charge on any atom is -0.457 e. The fourth-order valence-electron chi connectivity index (χ4n) is 4.17. The van der Waals surface area contributed by atoms with Gasteiger partial charge in [0.1, 0.15) is 0 Å². The molecule has 0 aromatic carbocycles.